The first-order valence-electron chi connectivity index (χ1n) is 7.02. The zero-order valence-electron chi connectivity index (χ0n) is 11.5. The molecule has 2 nitrogen and oxygen atoms in total. The van der Waals surface area contributed by atoms with Gasteiger partial charge in [-0.05, 0) is 19.3 Å². The summed E-state index contributed by atoms with van der Waals surface area (Å²) < 4.78 is 0. The molecule has 0 aliphatic rings. The molecule has 0 aliphatic heterocycles. The van der Waals surface area contributed by atoms with Gasteiger partial charge in [0.25, 0.3) is 0 Å². The molecular weight excluding hydrogens is 234 g/mol. The maximum absolute atomic E-state index is 11.7. The Balaban J connectivity index is 3.40. The van der Waals surface area contributed by atoms with Crippen LogP contribution in [0.2, 0.25) is 0 Å². The number of carbonyl (C=O) groups excluding carboxylic acids is 1. The number of carbonyl (C=O) groups is 1. The van der Waals surface area contributed by atoms with Gasteiger partial charge in [0.15, 0.2) is 0 Å². The summed E-state index contributed by atoms with van der Waals surface area (Å²) in [5, 5.41) is 0. The molecule has 0 fully saturated rings. The summed E-state index contributed by atoms with van der Waals surface area (Å²) in [6, 6.07) is 0. The SMILES string of the molecule is CCCCCCCC(=O)N(C)CCCCCCl. The van der Waals surface area contributed by atoms with E-state index in [-0.39, 0.29) is 0 Å². The lowest BCUT2D eigenvalue weighted by Crippen LogP contribution is -2.27. The van der Waals surface area contributed by atoms with Crippen molar-refractivity contribution in [1.29, 1.82) is 0 Å². The minimum Gasteiger partial charge on any atom is -0.346 e. The Morgan fingerprint density at radius 3 is 2.29 bits per heavy atom. The Labute approximate surface area is 112 Å². The number of halogens is 1. The third-order valence-corrected chi connectivity index (χ3v) is 3.31. The highest BCUT2D eigenvalue weighted by Crippen LogP contribution is 2.07. The Bertz CT molecular complexity index is 185. The van der Waals surface area contributed by atoms with E-state index in [4.69, 9.17) is 11.6 Å². The fraction of sp³-hybridized carbons (Fsp3) is 0.929. The van der Waals surface area contributed by atoms with Gasteiger partial charge in [0.2, 0.25) is 5.91 Å². The predicted molar refractivity (Wildman–Crippen MR) is 75.6 cm³/mol. The van der Waals surface area contributed by atoms with Crippen molar-refractivity contribution in [1.82, 2.24) is 4.90 Å². The van der Waals surface area contributed by atoms with Crippen LogP contribution in [0.5, 0.6) is 0 Å². The van der Waals surface area contributed by atoms with Crippen LogP contribution in [0.1, 0.15) is 64.7 Å². The van der Waals surface area contributed by atoms with E-state index in [1.807, 2.05) is 11.9 Å². The van der Waals surface area contributed by atoms with Crippen molar-refractivity contribution >= 4 is 17.5 Å². The van der Waals surface area contributed by atoms with Gasteiger partial charge in [-0.1, -0.05) is 39.0 Å². The van der Waals surface area contributed by atoms with E-state index in [1.165, 1.54) is 25.7 Å². The van der Waals surface area contributed by atoms with E-state index in [1.54, 1.807) is 0 Å². The van der Waals surface area contributed by atoms with Crippen molar-refractivity contribution in [2.24, 2.45) is 0 Å². The molecule has 3 heteroatoms. The second-order valence-electron chi connectivity index (χ2n) is 4.73. The third kappa shape index (κ3) is 10.6. The Hall–Kier alpha value is -0.240. The van der Waals surface area contributed by atoms with Gasteiger partial charge in [-0.2, -0.15) is 0 Å². The van der Waals surface area contributed by atoms with Crippen molar-refractivity contribution in [3.63, 3.8) is 0 Å². The maximum atomic E-state index is 11.7. The molecular formula is C14H28ClNO. The first-order valence-corrected chi connectivity index (χ1v) is 7.55. The monoisotopic (exact) mass is 261 g/mol. The van der Waals surface area contributed by atoms with E-state index < -0.39 is 0 Å². The minimum atomic E-state index is 0.298. The summed E-state index contributed by atoms with van der Waals surface area (Å²) in [4.78, 5) is 13.6. The summed E-state index contributed by atoms with van der Waals surface area (Å²) in [6.45, 7) is 3.09. The predicted octanol–water partition coefficient (Wildman–Crippen LogP) is 4.21. The molecule has 0 aliphatic carbocycles. The van der Waals surface area contributed by atoms with Crippen LogP contribution < -0.4 is 0 Å². The quantitative estimate of drug-likeness (QED) is 0.403. The zero-order valence-corrected chi connectivity index (χ0v) is 12.3. The van der Waals surface area contributed by atoms with Crippen LogP contribution >= 0.6 is 11.6 Å². The molecule has 0 atom stereocenters. The fourth-order valence-corrected chi connectivity index (χ4v) is 2.00. The van der Waals surface area contributed by atoms with Crippen molar-refractivity contribution in [2.75, 3.05) is 19.5 Å². The molecule has 0 aromatic carbocycles. The Morgan fingerprint density at radius 2 is 1.65 bits per heavy atom. The topological polar surface area (TPSA) is 20.3 Å². The smallest absolute Gasteiger partial charge is 0.222 e. The van der Waals surface area contributed by atoms with Gasteiger partial charge >= 0.3 is 0 Å². The number of amides is 1. The second-order valence-corrected chi connectivity index (χ2v) is 5.11. The summed E-state index contributed by atoms with van der Waals surface area (Å²) in [5.41, 5.74) is 0. The highest BCUT2D eigenvalue weighted by atomic mass is 35.5. The largest absolute Gasteiger partial charge is 0.346 e. The first-order chi connectivity index (χ1) is 8.22. The second kappa shape index (κ2) is 12.2. The molecule has 0 saturated heterocycles. The van der Waals surface area contributed by atoms with E-state index >= 15 is 0 Å². The highest BCUT2D eigenvalue weighted by Gasteiger charge is 2.07. The molecule has 1 amide bonds. The van der Waals surface area contributed by atoms with E-state index in [0.717, 1.165) is 44.5 Å². The van der Waals surface area contributed by atoms with Gasteiger partial charge in [-0.25, -0.2) is 0 Å². The van der Waals surface area contributed by atoms with Crippen LogP contribution in [-0.2, 0) is 4.79 Å². The van der Waals surface area contributed by atoms with E-state index in [0.29, 0.717) is 5.91 Å². The fourth-order valence-electron chi connectivity index (χ4n) is 1.82. The Kier molecular flexibility index (Phi) is 12.1. The van der Waals surface area contributed by atoms with Crippen molar-refractivity contribution < 1.29 is 4.79 Å². The Morgan fingerprint density at radius 1 is 1.00 bits per heavy atom. The van der Waals surface area contributed by atoms with Crippen LogP contribution in [0, 0.1) is 0 Å². The summed E-state index contributed by atoms with van der Waals surface area (Å²) >= 11 is 5.61. The van der Waals surface area contributed by atoms with Gasteiger partial charge in [0, 0.05) is 25.9 Å². The standard InChI is InChI=1S/C14H28ClNO/c1-3-4-5-6-8-11-14(17)16(2)13-10-7-9-12-15/h3-13H2,1-2H3. The average Bonchev–Trinajstić information content (AvgIpc) is 2.34. The molecule has 17 heavy (non-hydrogen) atoms. The van der Waals surface area contributed by atoms with Gasteiger partial charge in [-0.3, -0.25) is 4.79 Å². The maximum Gasteiger partial charge on any atom is 0.222 e. The molecule has 0 saturated carbocycles. The molecule has 102 valence electrons. The van der Waals surface area contributed by atoms with Crippen LogP contribution in [0.25, 0.3) is 0 Å². The lowest BCUT2D eigenvalue weighted by atomic mass is 10.1. The molecule has 0 bridgehead atoms. The van der Waals surface area contributed by atoms with Crippen molar-refractivity contribution in [2.45, 2.75) is 64.7 Å². The highest BCUT2D eigenvalue weighted by molar-refractivity contribution is 6.17. The van der Waals surface area contributed by atoms with Gasteiger partial charge < -0.3 is 4.90 Å². The molecule has 0 N–H and O–H groups in total. The summed E-state index contributed by atoms with van der Waals surface area (Å²) in [6.07, 6.45) is 10.0. The van der Waals surface area contributed by atoms with Crippen molar-refractivity contribution in [3.05, 3.63) is 0 Å². The summed E-state index contributed by atoms with van der Waals surface area (Å²) in [5.74, 6) is 1.03. The molecule has 0 spiro atoms. The minimum absolute atomic E-state index is 0.298. The first kappa shape index (κ1) is 16.8. The molecule has 0 rings (SSSR count). The van der Waals surface area contributed by atoms with E-state index in [2.05, 4.69) is 6.92 Å². The third-order valence-electron chi connectivity index (χ3n) is 3.05. The lowest BCUT2D eigenvalue weighted by molar-refractivity contribution is -0.130. The molecule has 0 aromatic rings. The number of alkyl halides is 1. The van der Waals surface area contributed by atoms with Crippen LogP contribution in [-0.4, -0.2) is 30.3 Å². The normalized spacial score (nSPS) is 10.5. The van der Waals surface area contributed by atoms with Crippen LogP contribution in [0.15, 0.2) is 0 Å². The number of hydrogen-bond acceptors (Lipinski definition) is 1. The molecule has 0 aromatic heterocycles. The number of nitrogens with zero attached hydrogens (tertiary/aromatic N) is 1. The lowest BCUT2D eigenvalue weighted by Gasteiger charge is -2.16. The van der Waals surface area contributed by atoms with Crippen LogP contribution in [0.3, 0.4) is 0 Å². The van der Waals surface area contributed by atoms with Crippen molar-refractivity contribution in [3.8, 4) is 0 Å². The average molecular weight is 262 g/mol. The summed E-state index contributed by atoms with van der Waals surface area (Å²) in [7, 11) is 1.91. The van der Waals surface area contributed by atoms with Gasteiger partial charge in [0.1, 0.15) is 0 Å². The van der Waals surface area contributed by atoms with Gasteiger partial charge in [-0.15, -0.1) is 11.6 Å². The van der Waals surface area contributed by atoms with E-state index in [9.17, 15) is 4.79 Å². The molecule has 0 heterocycles. The number of rotatable bonds is 11. The molecule has 0 radical (unpaired) electrons. The van der Waals surface area contributed by atoms with Gasteiger partial charge in [0.05, 0.1) is 0 Å². The number of hydrogen-bond donors (Lipinski definition) is 0. The van der Waals surface area contributed by atoms with Crippen LogP contribution in [0.4, 0.5) is 0 Å². The number of unbranched alkanes of at least 4 members (excludes halogenated alkanes) is 6. The molecule has 0 unspecified atom stereocenters. The zero-order chi connectivity index (χ0) is 12.9.